The molecule has 1 rings (SSSR count). The Morgan fingerprint density at radius 2 is 1.75 bits per heavy atom. The van der Waals surface area contributed by atoms with Crippen molar-refractivity contribution in [3.63, 3.8) is 0 Å². The highest BCUT2D eigenvalue weighted by molar-refractivity contribution is 7.88. The molecule has 0 amide bonds. The topological polar surface area (TPSA) is 58.2 Å². The molecule has 4 nitrogen and oxygen atoms in total. The van der Waals surface area contributed by atoms with E-state index in [2.05, 4.69) is 17.0 Å². The van der Waals surface area contributed by atoms with Crippen molar-refractivity contribution < 1.29 is 8.42 Å². The third-order valence-electron chi connectivity index (χ3n) is 3.13. The Kier molecular flexibility index (Phi) is 7.19. The zero-order chi connectivity index (χ0) is 15.0. The SMILES string of the molecule is CCCCC(C)NS(=O)(=O)Cc1ccc(CNC)cc1. The van der Waals surface area contributed by atoms with Gasteiger partial charge in [-0.05, 0) is 31.5 Å². The Balaban J connectivity index is 2.57. The average molecular weight is 298 g/mol. The normalized spacial score (nSPS) is 13.3. The van der Waals surface area contributed by atoms with Gasteiger partial charge in [-0.1, -0.05) is 44.0 Å². The molecule has 0 aliphatic rings. The van der Waals surface area contributed by atoms with Crippen molar-refractivity contribution in [2.24, 2.45) is 0 Å². The quantitative estimate of drug-likeness (QED) is 0.736. The van der Waals surface area contributed by atoms with E-state index >= 15 is 0 Å². The van der Waals surface area contributed by atoms with Gasteiger partial charge >= 0.3 is 0 Å². The van der Waals surface area contributed by atoms with Crippen molar-refractivity contribution in [1.82, 2.24) is 10.0 Å². The van der Waals surface area contributed by atoms with Crippen molar-refractivity contribution in [3.05, 3.63) is 35.4 Å². The maximum Gasteiger partial charge on any atom is 0.216 e. The van der Waals surface area contributed by atoms with Crippen molar-refractivity contribution in [2.45, 2.75) is 51.4 Å². The van der Waals surface area contributed by atoms with E-state index in [4.69, 9.17) is 0 Å². The lowest BCUT2D eigenvalue weighted by Gasteiger charge is -2.14. The Labute approximate surface area is 123 Å². The van der Waals surface area contributed by atoms with E-state index < -0.39 is 10.0 Å². The predicted molar refractivity (Wildman–Crippen MR) is 84.0 cm³/mol. The highest BCUT2D eigenvalue weighted by Crippen LogP contribution is 2.09. The first-order chi connectivity index (χ1) is 9.46. The van der Waals surface area contributed by atoms with Crippen LogP contribution in [0.25, 0.3) is 0 Å². The summed E-state index contributed by atoms with van der Waals surface area (Å²) in [4.78, 5) is 0. The van der Waals surface area contributed by atoms with Crippen LogP contribution in [0.3, 0.4) is 0 Å². The van der Waals surface area contributed by atoms with E-state index in [0.29, 0.717) is 0 Å². The van der Waals surface area contributed by atoms with Gasteiger partial charge in [0.15, 0.2) is 0 Å². The lowest BCUT2D eigenvalue weighted by Crippen LogP contribution is -2.33. The molecule has 0 spiro atoms. The summed E-state index contributed by atoms with van der Waals surface area (Å²) >= 11 is 0. The summed E-state index contributed by atoms with van der Waals surface area (Å²) in [6.45, 7) is 4.82. The molecule has 1 aromatic carbocycles. The lowest BCUT2D eigenvalue weighted by molar-refractivity contribution is 0.533. The fourth-order valence-corrected chi connectivity index (χ4v) is 3.54. The second-order valence-corrected chi connectivity index (χ2v) is 7.02. The molecule has 0 saturated carbocycles. The number of rotatable bonds is 9. The van der Waals surface area contributed by atoms with Crippen LogP contribution in [0.1, 0.15) is 44.2 Å². The highest BCUT2D eigenvalue weighted by atomic mass is 32.2. The van der Waals surface area contributed by atoms with Gasteiger partial charge in [-0.2, -0.15) is 0 Å². The highest BCUT2D eigenvalue weighted by Gasteiger charge is 2.14. The average Bonchev–Trinajstić information content (AvgIpc) is 2.38. The van der Waals surface area contributed by atoms with Crippen molar-refractivity contribution >= 4 is 10.0 Å². The van der Waals surface area contributed by atoms with Gasteiger partial charge in [-0.3, -0.25) is 0 Å². The van der Waals surface area contributed by atoms with Crippen LogP contribution in [0.2, 0.25) is 0 Å². The van der Waals surface area contributed by atoms with Gasteiger partial charge < -0.3 is 5.32 Å². The number of nitrogens with one attached hydrogen (secondary N) is 2. The van der Waals surface area contributed by atoms with Gasteiger partial charge in [-0.15, -0.1) is 0 Å². The molecule has 2 N–H and O–H groups in total. The maximum absolute atomic E-state index is 12.1. The van der Waals surface area contributed by atoms with Crippen LogP contribution in [0.15, 0.2) is 24.3 Å². The summed E-state index contributed by atoms with van der Waals surface area (Å²) in [7, 11) is -1.37. The number of benzene rings is 1. The van der Waals surface area contributed by atoms with Crippen LogP contribution >= 0.6 is 0 Å². The summed E-state index contributed by atoms with van der Waals surface area (Å²) in [5.41, 5.74) is 1.97. The molecule has 1 aromatic rings. The molecule has 0 bridgehead atoms. The van der Waals surface area contributed by atoms with Gasteiger partial charge in [0.1, 0.15) is 0 Å². The predicted octanol–water partition coefficient (Wildman–Crippen LogP) is 2.40. The fourth-order valence-electron chi connectivity index (χ4n) is 2.09. The Hall–Kier alpha value is -0.910. The van der Waals surface area contributed by atoms with E-state index in [1.54, 1.807) is 0 Å². The Morgan fingerprint density at radius 3 is 2.30 bits per heavy atom. The molecule has 20 heavy (non-hydrogen) atoms. The Morgan fingerprint density at radius 1 is 1.15 bits per heavy atom. The second kappa shape index (κ2) is 8.39. The van der Waals surface area contributed by atoms with Crippen LogP contribution in [0.4, 0.5) is 0 Å². The molecule has 0 radical (unpaired) electrons. The van der Waals surface area contributed by atoms with Crippen molar-refractivity contribution in [3.8, 4) is 0 Å². The van der Waals surface area contributed by atoms with Gasteiger partial charge in [0.25, 0.3) is 0 Å². The first-order valence-electron chi connectivity index (χ1n) is 7.19. The van der Waals surface area contributed by atoms with Crippen molar-refractivity contribution in [1.29, 1.82) is 0 Å². The molecular formula is C15H26N2O2S. The van der Waals surface area contributed by atoms with Gasteiger partial charge in [-0.25, -0.2) is 13.1 Å². The lowest BCUT2D eigenvalue weighted by atomic mass is 10.1. The van der Waals surface area contributed by atoms with E-state index in [1.807, 2.05) is 38.2 Å². The largest absolute Gasteiger partial charge is 0.316 e. The van der Waals surface area contributed by atoms with E-state index in [9.17, 15) is 8.42 Å². The van der Waals surface area contributed by atoms with Crippen LogP contribution < -0.4 is 10.0 Å². The molecule has 114 valence electrons. The monoisotopic (exact) mass is 298 g/mol. The molecule has 1 unspecified atom stereocenters. The number of hydrogen-bond donors (Lipinski definition) is 2. The molecule has 0 saturated heterocycles. The summed E-state index contributed by atoms with van der Waals surface area (Å²) in [6.07, 6.45) is 3.01. The molecule has 0 aromatic heterocycles. The summed E-state index contributed by atoms with van der Waals surface area (Å²) in [5, 5.41) is 3.07. The second-order valence-electron chi connectivity index (χ2n) is 5.27. The van der Waals surface area contributed by atoms with Gasteiger partial charge in [0, 0.05) is 12.6 Å². The number of sulfonamides is 1. The summed E-state index contributed by atoms with van der Waals surface area (Å²) in [6, 6.07) is 7.68. The molecular weight excluding hydrogens is 272 g/mol. The van der Waals surface area contributed by atoms with Crippen molar-refractivity contribution in [2.75, 3.05) is 7.05 Å². The minimum atomic E-state index is -3.26. The number of unbranched alkanes of at least 4 members (excludes halogenated alkanes) is 1. The standard InChI is InChI=1S/C15H26N2O2S/c1-4-5-6-13(2)17-20(18,19)12-15-9-7-14(8-10-15)11-16-3/h7-10,13,16-17H,4-6,11-12H2,1-3H3. The fraction of sp³-hybridized carbons (Fsp3) is 0.600. The molecule has 1 atom stereocenters. The zero-order valence-electron chi connectivity index (χ0n) is 12.6. The van der Waals surface area contributed by atoms with Crippen LogP contribution in [0.5, 0.6) is 0 Å². The molecule has 5 heteroatoms. The van der Waals surface area contributed by atoms with Gasteiger partial charge in [0.05, 0.1) is 5.75 Å². The molecule has 0 fully saturated rings. The first kappa shape index (κ1) is 17.1. The molecule has 0 heterocycles. The van der Waals surface area contributed by atoms with Gasteiger partial charge in [0.2, 0.25) is 10.0 Å². The summed E-state index contributed by atoms with van der Waals surface area (Å²) < 4.78 is 26.9. The third-order valence-corrected chi connectivity index (χ3v) is 4.61. The minimum absolute atomic E-state index is 0.00325. The first-order valence-corrected chi connectivity index (χ1v) is 8.84. The Bertz CT molecular complexity index is 483. The molecule has 0 aliphatic heterocycles. The van der Waals surface area contributed by atoms with Crippen LogP contribution in [-0.4, -0.2) is 21.5 Å². The maximum atomic E-state index is 12.1. The van der Waals surface area contributed by atoms with E-state index in [1.165, 1.54) is 0 Å². The third kappa shape index (κ3) is 6.50. The minimum Gasteiger partial charge on any atom is -0.316 e. The van der Waals surface area contributed by atoms with Crippen LogP contribution in [-0.2, 0) is 22.3 Å². The zero-order valence-corrected chi connectivity index (χ0v) is 13.5. The van der Waals surface area contributed by atoms with Crippen LogP contribution in [0, 0.1) is 0 Å². The number of hydrogen-bond acceptors (Lipinski definition) is 3. The van der Waals surface area contributed by atoms with E-state index in [-0.39, 0.29) is 11.8 Å². The smallest absolute Gasteiger partial charge is 0.216 e. The summed E-state index contributed by atoms with van der Waals surface area (Å²) in [5.74, 6) is 0.0449. The molecule has 0 aliphatic carbocycles. The van der Waals surface area contributed by atoms with E-state index in [0.717, 1.165) is 36.9 Å².